The summed E-state index contributed by atoms with van der Waals surface area (Å²) < 4.78 is 19.6. The predicted molar refractivity (Wildman–Crippen MR) is 129 cm³/mol. The molecule has 6 nitrogen and oxygen atoms in total. The van der Waals surface area contributed by atoms with Gasteiger partial charge in [0.1, 0.15) is 5.82 Å². The molecule has 1 unspecified atom stereocenters. The highest BCUT2D eigenvalue weighted by molar-refractivity contribution is 6.30. The molecule has 0 saturated carbocycles. The molecule has 8 heteroatoms. The van der Waals surface area contributed by atoms with Gasteiger partial charge in [-0.1, -0.05) is 59.2 Å². The number of aryl methyl sites for hydroxylation is 1. The maximum Gasteiger partial charge on any atom is 0.326 e. The van der Waals surface area contributed by atoms with E-state index in [0.29, 0.717) is 33.4 Å². The van der Waals surface area contributed by atoms with Crippen molar-refractivity contribution in [3.05, 3.63) is 106 Å². The van der Waals surface area contributed by atoms with Crippen LogP contribution < -0.4 is 10.2 Å². The monoisotopic (exact) mass is 474 g/mol. The summed E-state index contributed by atoms with van der Waals surface area (Å²) in [6.45, 7) is 3.46. The molecule has 170 valence electrons. The van der Waals surface area contributed by atoms with Gasteiger partial charge in [0.05, 0.1) is 17.3 Å². The third-order valence-electron chi connectivity index (χ3n) is 5.78. The molecule has 0 spiro atoms. The van der Waals surface area contributed by atoms with E-state index in [1.54, 1.807) is 31.2 Å². The number of urea groups is 1. The number of nitrogens with one attached hydrogen (secondary N) is 1. The minimum absolute atomic E-state index is 0.278. The summed E-state index contributed by atoms with van der Waals surface area (Å²) >= 11 is 6.08. The summed E-state index contributed by atoms with van der Waals surface area (Å²) in [7, 11) is 0. The molecule has 0 radical (unpaired) electrons. The van der Waals surface area contributed by atoms with E-state index in [1.165, 1.54) is 11.0 Å². The molecule has 2 amide bonds. The molecule has 34 heavy (non-hydrogen) atoms. The lowest BCUT2D eigenvalue weighted by atomic mass is 9.94. The molecule has 4 aromatic rings. The Balaban J connectivity index is 1.66. The van der Waals surface area contributed by atoms with Crippen LogP contribution in [-0.4, -0.2) is 16.2 Å². The van der Waals surface area contributed by atoms with Gasteiger partial charge in [-0.2, -0.15) is 4.98 Å². The Labute approximate surface area is 200 Å². The SMILES string of the molecule is CC1=C(c2nc(-c3ccccc3)no2)C(c2ccc(Cl)cc2)NC(=O)N1c1ccc(F)c(C)c1. The maximum atomic E-state index is 13.9. The van der Waals surface area contributed by atoms with E-state index >= 15 is 0 Å². The van der Waals surface area contributed by atoms with Crippen LogP contribution in [0.1, 0.15) is 30.0 Å². The zero-order valence-corrected chi connectivity index (χ0v) is 19.2. The predicted octanol–water partition coefficient (Wildman–Crippen LogP) is 6.54. The smallest absolute Gasteiger partial charge is 0.326 e. The van der Waals surface area contributed by atoms with Crippen molar-refractivity contribution in [2.75, 3.05) is 4.90 Å². The summed E-state index contributed by atoms with van der Waals surface area (Å²) in [5.41, 5.74) is 3.81. The van der Waals surface area contributed by atoms with Crippen LogP contribution in [0, 0.1) is 12.7 Å². The average molecular weight is 475 g/mol. The van der Waals surface area contributed by atoms with Crippen molar-refractivity contribution in [1.82, 2.24) is 15.5 Å². The lowest BCUT2D eigenvalue weighted by Crippen LogP contribution is -2.46. The number of hydrogen-bond donors (Lipinski definition) is 1. The molecule has 1 aliphatic rings. The zero-order valence-electron chi connectivity index (χ0n) is 18.4. The van der Waals surface area contributed by atoms with Crippen molar-refractivity contribution in [2.45, 2.75) is 19.9 Å². The summed E-state index contributed by atoms with van der Waals surface area (Å²) in [5.74, 6) is 0.374. The van der Waals surface area contributed by atoms with Crippen molar-refractivity contribution < 1.29 is 13.7 Å². The first-order chi connectivity index (χ1) is 16.4. The molecule has 1 atom stereocenters. The van der Waals surface area contributed by atoms with E-state index < -0.39 is 6.04 Å². The second-order valence-corrected chi connectivity index (χ2v) is 8.43. The lowest BCUT2D eigenvalue weighted by Gasteiger charge is -2.35. The first-order valence-corrected chi connectivity index (χ1v) is 11.0. The van der Waals surface area contributed by atoms with Crippen LogP contribution in [0.2, 0.25) is 5.02 Å². The van der Waals surface area contributed by atoms with Crippen LogP contribution in [0.3, 0.4) is 0 Å². The number of nitrogens with zero attached hydrogens (tertiary/aromatic N) is 3. The molecule has 1 N–H and O–H groups in total. The van der Waals surface area contributed by atoms with Crippen LogP contribution >= 0.6 is 11.6 Å². The number of allylic oxidation sites excluding steroid dienone is 1. The van der Waals surface area contributed by atoms with E-state index in [4.69, 9.17) is 16.1 Å². The summed E-state index contributed by atoms with van der Waals surface area (Å²) in [6, 6.07) is 20.3. The summed E-state index contributed by atoms with van der Waals surface area (Å²) in [6.07, 6.45) is 0. The topological polar surface area (TPSA) is 71.3 Å². The van der Waals surface area contributed by atoms with Gasteiger partial charge >= 0.3 is 6.03 Å². The number of carbonyl (C=O) groups is 1. The van der Waals surface area contributed by atoms with Gasteiger partial charge in [-0.15, -0.1) is 0 Å². The number of halogens is 2. The van der Waals surface area contributed by atoms with Crippen LogP contribution in [-0.2, 0) is 0 Å². The van der Waals surface area contributed by atoms with Crippen LogP contribution in [0.15, 0.2) is 83.0 Å². The van der Waals surface area contributed by atoms with Gasteiger partial charge in [0.15, 0.2) is 0 Å². The largest absolute Gasteiger partial charge is 0.334 e. The number of rotatable bonds is 4. The quantitative estimate of drug-likeness (QED) is 0.364. The van der Waals surface area contributed by atoms with Crippen molar-refractivity contribution >= 4 is 28.9 Å². The fourth-order valence-corrected chi connectivity index (χ4v) is 4.17. The molecule has 5 rings (SSSR count). The fourth-order valence-electron chi connectivity index (χ4n) is 4.04. The number of anilines is 1. The maximum absolute atomic E-state index is 13.9. The fraction of sp³-hybridized carbons (Fsp3) is 0.115. The Morgan fingerprint density at radius 1 is 1.03 bits per heavy atom. The summed E-state index contributed by atoms with van der Waals surface area (Å²) in [5, 5.41) is 7.77. The van der Waals surface area contributed by atoms with Crippen LogP contribution in [0.4, 0.5) is 14.9 Å². The highest BCUT2D eigenvalue weighted by Crippen LogP contribution is 2.39. The van der Waals surface area contributed by atoms with E-state index in [1.807, 2.05) is 49.4 Å². The number of aromatic nitrogens is 2. The highest BCUT2D eigenvalue weighted by Gasteiger charge is 2.36. The first-order valence-electron chi connectivity index (χ1n) is 10.6. The molecule has 0 fully saturated rings. The van der Waals surface area contributed by atoms with Gasteiger partial charge in [-0.3, -0.25) is 4.90 Å². The van der Waals surface area contributed by atoms with E-state index in [0.717, 1.165) is 11.1 Å². The van der Waals surface area contributed by atoms with E-state index in [-0.39, 0.29) is 17.7 Å². The Bertz CT molecular complexity index is 1400. The Morgan fingerprint density at radius 2 is 1.76 bits per heavy atom. The molecule has 1 aromatic heterocycles. The zero-order chi connectivity index (χ0) is 23.8. The normalized spacial score (nSPS) is 16.1. The first kappa shape index (κ1) is 21.9. The number of benzene rings is 3. The third kappa shape index (κ3) is 3.95. The van der Waals surface area contributed by atoms with Gasteiger partial charge in [0.2, 0.25) is 5.82 Å². The molecule has 0 saturated heterocycles. The Kier molecular flexibility index (Phi) is 5.63. The standard InChI is InChI=1S/C26H20ClFN4O2/c1-15-14-20(12-13-21(15)28)32-16(2)22(23(29-26(32)33)17-8-10-19(27)11-9-17)25-30-24(31-34-25)18-6-4-3-5-7-18/h3-14,23H,1-2H3,(H,29,33). The molecule has 3 aromatic carbocycles. The summed E-state index contributed by atoms with van der Waals surface area (Å²) in [4.78, 5) is 19.4. The molecular formula is C26H20ClFN4O2. The second kappa shape index (κ2) is 8.76. The average Bonchev–Trinajstić information content (AvgIpc) is 3.32. The van der Waals surface area contributed by atoms with Gasteiger partial charge in [0, 0.05) is 16.3 Å². The second-order valence-electron chi connectivity index (χ2n) is 7.99. The van der Waals surface area contributed by atoms with Crippen LogP contribution in [0.25, 0.3) is 17.0 Å². The van der Waals surface area contributed by atoms with Gasteiger partial charge in [0.25, 0.3) is 5.89 Å². The molecule has 0 bridgehead atoms. The van der Waals surface area contributed by atoms with Crippen molar-refractivity contribution in [3.63, 3.8) is 0 Å². The Morgan fingerprint density at radius 3 is 2.47 bits per heavy atom. The minimum Gasteiger partial charge on any atom is -0.334 e. The van der Waals surface area contributed by atoms with Gasteiger partial charge < -0.3 is 9.84 Å². The van der Waals surface area contributed by atoms with E-state index in [9.17, 15) is 9.18 Å². The van der Waals surface area contributed by atoms with E-state index in [2.05, 4.69) is 15.5 Å². The van der Waals surface area contributed by atoms with Gasteiger partial charge in [-0.25, -0.2) is 9.18 Å². The molecule has 0 aliphatic carbocycles. The Hall–Kier alpha value is -3.97. The van der Waals surface area contributed by atoms with Crippen molar-refractivity contribution in [1.29, 1.82) is 0 Å². The minimum atomic E-state index is -0.549. The van der Waals surface area contributed by atoms with Gasteiger partial charge in [-0.05, 0) is 55.3 Å². The van der Waals surface area contributed by atoms with Crippen LogP contribution in [0.5, 0.6) is 0 Å². The molecular weight excluding hydrogens is 455 g/mol. The highest BCUT2D eigenvalue weighted by atomic mass is 35.5. The molecule has 1 aliphatic heterocycles. The third-order valence-corrected chi connectivity index (χ3v) is 6.03. The van der Waals surface area contributed by atoms with Crippen molar-refractivity contribution in [3.8, 4) is 11.4 Å². The number of amides is 2. The molecule has 2 heterocycles. The lowest BCUT2D eigenvalue weighted by molar-refractivity contribution is 0.244. The number of carbonyl (C=O) groups excluding carboxylic acids is 1. The van der Waals surface area contributed by atoms with Crippen molar-refractivity contribution in [2.24, 2.45) is 0 Å². The number of hydrogen-bond acceptors (Lipinski definition) is 4.